The number of aryl methyl sites for hydroxylation is 1. The monoisotopic (exact) mass is 410 g/mol. The van der Waals surface area contributed by atoms with Gasteiger partial charge in [0.1, 0.15) is 11.3 Å². The first-order valence-electron chi connectivity index (χ1n) is 10.2. The summed E-state index contributed by atoms with van der Waals surface area (Å²) >= 11 is 0. The maximum Gasteiger partial charge on any atom is 0.336 e. The number of benzene rings is 1. The number of hydrogen-bond donors (Lipinski definition) is 0. The third-order valence-corrected chi connectivity index (χ3v) is 5.40. The van der Waals surface area contributed by atoms with Gasteiger partial charge >= 0.3 is 5.63 Å². The molecule has 0 bridgehead atoms. The molecule has 1 amide bonds. The lowest BCUT2D eigenvalue weighted by Gasteiger charge is -2.30. The first-order valence-corrected chi connectivity index (χ1v) is 10.2. The zero-order valence-electron chi connectivity index (χ0n) is 17.1. The average Bonchev–Trinajstić information content (AvgIpc) is 3.24. The van der Waals surface area contributed by atoms with Crippen LogP contribution in [0.3, 0.4) is 0 Å². The summed E-state index contributed by atoms with van der Waals surface area (Å²) in [4.78, 5) is 29.4. The molecule has 4 rings (SSSR count). The quantitative estimate of drug-likeness (QED) is 0.558. The molecule has 1 aliphatic rings. The summed E-state index contributed by atoms with van der Waals surface area (Å²) in [6.45, 7) is 6.86. The minimum Gasteiger partial charge on any atom is -0.467 e. The Bertz CT molecular complexity index is 1050. The highest BCUT2D eigenvalue weighted by molar-refractivity contribution is 5.87. The van der Waals surface area contributed by atoms with Gasteiger partial charge in [-0.1, -0.05) is 12.1 Å². The van der Waals surface area contributed by atoms with E-state index in [1.54, 1.807) is 11.2 Å². The van der Waals surface area contributed by atoms with Crippen LogP contribution in [-0.4, -0.2) is 55.1 Å². The molecule has 3 heterocycles. The van der Waals surface area contributed by atoms with Crippen molar-refractivity contribution in [2.45, 2.75) is 19.9 Å². The molecule has 1 saturated heterocycles. The molecule has 3 aromatic rings. The van der Waals surface area contributed by atoms with Crippen molar-refractivity contribution < 1.29 is 18.4 Å². The van der Waals surface area contributed by atoms with Crippen LogP contribution in [0.1, 0.15) is 16.9 Å². The number of morpholine rings is 1. The molecule has 0 aliphatic carbocycles. The van der Waals surface area contributed by atoms with Crippen LogP contribution in [0, 0.1) is 6.92 Å². The molecule has 1 aliphatic heterocycles. The van der Waals surface area contributed by atoms with Gasteiger partial charge in [-0.15, -0.1) is 0 Å². The summed E-state index contributed by atoms with van der Waals surface area (Å²) in [7, 11) is 0. The van der Waals surface area contributed by atoms with Crippen molar-refractivity contribution in [1.29, 1.82) is 0 Å². The maximum atomic E-state index is 13.2. The first kappa shape index (κ1) is 20.4. The van der Waals surface area contributed by atoms with E-state index in [4.69, 9.17) is 13.6 Å². The lowest BCUT2D eigenvalue weighted by Crippen LogP contribution is -2.43. The highest BCUT2D eigenvalue weighted by Crippen LogP contribution is 2.20. The van der Waals surface area contributed by atoms with Crippen LogP contribution in [0.25, 0.3) is 11.0 Å². The van der Waals surface area contributed by atoms with Crippen LogP contribution in [0.5, 0.6) is 0 Å². The molecule has 0 saturated carbocycles. The largest absolute Gasteiger partial charge is 0.467 e. The summed E-state index contributed by atoms with van der Waals surface area (Å²) < 4.78 is 16.2. The molecule has 0 unspecified atom stereocenters. The van der Waals surface area contributed by atoms with Crippen molar-refractivity contribution in [2.75, 3.05) is 39.4 Å². The van der Waals surface area contributed by atoms with Crippen molar-refractivity contribution >= 4 is 16.9 Å². The normalized spacial score (nSPS) is 14.8. The minimum atomic E-state index is -0.443. The van der Waals surface area contributed by atoms with Crippen molar-refractivity contribution in [3.8, 4) is 0 Å². The lowest BCUT2D eigenvalue weighted by atomic mass is 10.0. The number of furan rings is 1. The van der Waals surface area contributed by atoms with Crippen molar-refractivity contribution in [1.82, 2.24) is 9.80 Å². The van der Waals surface area contributed by atoms with Crippen LogP contribution in [0.4, 0.5) is 0 Å². The van der Waals surface area contributed by atoms with E-state index in [0.717, 1.165) is 49.6 Å². The number of nitrogens with zero attached hydrogens (tertiary/aromatic N) is 2. The molecular weight excluding hydrogens is 384 g/mol. The van der Waals surface area contributed by atoms with Crippen LogP contribution >= 0.6 is 0 Å². The van der Waals surface area contributed by atoms with Crippen LogP contribution in [0.15, 0.2) is 56.3 Å². The second-order valence-electron chi connectivity index (χ2n) is 7.62. The van der Waals surface area contributed by atoms with E-state index in [1.807, 2.05) is 37.3 Å². The summed E-state index contributed by atoms with van der Waals surface area (Å²) in [5, 5.41) is 0.791. The fourth-order valence-corrected chi connectivity index (χ4v) is 3.73. The van der Waals surface area contributed by atoms with Crippen LogP contribution in [-0.2, 0) is 22.5 Å². The topological polar surface area (TPSA) is 76.1 Å². The Morgan fingerprint density at radius 2 is 2.00 bits per heavy atom. The highest BCUT2D eigenvalue weighted by Gasteiger charge is 2.20. The van der Waals surface area contributed by atoms with E-state index in [1.165, 1.54) is 6.07 Å². The smallest absolute Gasteiger partial charge is 0.336 e. The maximum absolute atomic E-state index is 13.2. The van der Waals surface area contributed by atoms with Crippen molar-refractivity contribution in [3.05, 3.63) is 70.0 Å². The Balaban J connectivity index is 1.53. The van der Waals surface area contributed by atoms with Gasteiger partial charge in [0, 0.05) is 37.6 Å². The van der Waals surface area contributed by atoms with E-state index in [0.29, 0.717) is 24.2 Å². The number of carbonyl (C=O) groups is 1. The third kappa shape index (κ3) is 4.98. The number of ether oxygens (including phenoxy) is 1. The number of hydrogen-bond acceptors (Lipinski definition) is 6. The van der Waals surface area contributed by atoms with Gasteiger partial charge in [0.25, 0.3) is 0 Å². The Morgan fingerprint density at radius 1 is 1.17 bits per heavy atom. The van der Waals surface area contributed by atoms with E-state index in [9.17, 15) is 9.59 Å². The van der Waals surface area contributed by atoms with Gasteiger partial charge < -0.3 is 18.5 Å². The number of fused-ring (bicyclic) bond motifs is 1. The van der Waals surface area contributed by atoms with E-state index >= 15 is 0 Å². The molecule has 1 aromatic carbocycles. The molecule has 0 radical (unpaired) electrons. The number of amides is 1. The van der Waals surface area contributed by atoms with Crippen molar-refractivity contribution in [2.24, 2.45) is 0 Å². The third-order valence-electron chi connectivity index (χ3n) is 5.40. The van der Waals surface area contributed by atoms with Crippen LogP contribution in [0.2, 0.25) is 0 Å². The second-order valence-corrected chi connectivity index (χ2v) is 7.62. The molecule has 0 N–H and O–H groups in total. The Morgan fingerprint density at radius 3 is 2.77 bits per heavy atom. The van der Waals surface area contributed by atoms with Gasteiger partial charge in [0.2, 0.25) is 5.91 Å². The van der Waals surface area contributed by atoms with E-state index < -0.39 is 5.63 Å². The molecule has 158 valence electrons. The van der Waals surface area contributed by atoms with Gasteiger partial charge in [0.05, 0.1) is 32.4 Å². The number of carbonyl (C=O) groups excluding carboxylic acids is 1. The van der Waals surface area contributed by atoms with Crippen LogP contribution < -0.4 is 5.63 Å². The zero-order valence-corrected chi connectivity index (χ0v) is 17.1. The van der Waals surface area contributed by atoms with Gasteiger partial charge in [-0.2, -0.15) is 0 Å². The SMILES string of the molecule is Cc1ccc2c(CC(=O)N(CCN3CCOCC3)Cc3ccco3)cc(=O)oc2c1. The highest BCUT2D eigenvalue weighted by atomic mass is 16.5. The standard InChI is InChI=1S/C23H26N2O5/c1-17-4-5-20-18(15-23(27)30-21(20)13-17)14-22(26)25(16-19-3-2-10-29-19)7-6-24-8-11-28-12-9-24/h2-5,10,13,15H,6-9,11-12,14,16H2,1H3. The summed E-state index contributed by atoms with van der Waals surface area (Å²) in [6.07, 6.45) is 1.74. The minimum absolute atomic E-state index is 0.0489. The van der Waals surface area contributed by atoms with Gasteiger partial charge in [0.15, 0.2) is 0 Å². The van der Waals surface area contributed by atoms with E-state index in [-0.39, 0.29) is 12.3 Å². The molecule has 7 nitrogen and oxygen atoms in total. The molecule has 2 aromatic heterocycles. The molecule has 0 spiro atoms. The van der Waals surface area contributed by atoms with E-state index in [2.05, 4.69) is 4.90 Å². The Labute approximate surface area is 174 Å². The molecular formula is C23H26N2O5. The Hall–Kier alpha value is -2.90. The molecule has 30 heavy (non-hydrogen) atoms. The number of rotatable bonds is 7. The molecule has 7 heteroatoms. The zero-order chi connectivity index (χ0) is 20.9. The van der Waals surface area contributed by atoms with Gasteiger partial charge in [-0.25, -0.2) is 4.79 Å². The molecule has 0 atom stereocenters. The second kappa shape index (κ2) is 9.28. The summed E-state index contributed by atoms with van der Waals surface area (Å²) in [5.41, 5.74) is 1.75. The van der Waals surface area contributed by atoms with Gasteiger partial charge in [-0.3, -0.25) is 9.69 Å². The Kier molecular flexibility index (Phi) is 6.30. The first-order chi connectivity index (χ1) is 14.6. The van der Waals surface area contributed by atoms with Gasteiger partial charge in [-0.05, 0) is 36.2 Å². The fourth-order valence-electron chi connectivity index (χ4n) is 3.73. The average molecular weight is 410 g/mol. The fraction of sp³-hybridized carbons (Fsp3) is 0.391. The lowest BCUT2D eigenvalue weighted by molar-refractivity contribution is -0.131. The molecule has 1 fully saturated rings. The predicted molar refractivity (Wildman–Crippen MR) is 112 cm³/mol. The summed E-state index contributed by atoms with van der Waals surface area (Å²) in [6, 6.07) is 10.8. The summed E-state index contributed by atoms with van der Waals surface area (Å²) in [5.74, 6) is 0.686. The predicted octanol–water partition coefficient (Wildman–Crippen LogP) is 2.60. The van der Waals surface area contributed by atoms with Crippen molar-refractivity contribution in [3.63, 3.8) is 0 Å².